The predicted molar refractivity (Wildman–Crippen MR) is 90.9 cm³/mol. The fourth-order valence-corrected chi connectivity index (χ4v) is 3.21. The van der Waals surface area contributed by atoms with Crippen molar-refractivity contribution in [3.63, 3.8) is 0 Å². The monoisotopic (exact) mass is 357 g/mol. The molecule has 0 bridgehead atoms. The van der Waals surface area contributed by atoms with Crippen molar-refractivity contribution in [2.45, 2.75) is 19.3 Å². The van der Waals surface area contributed by atoms with Crippen molar-refractivity contribution in [1.82, 2.24) is 19.9 Å². The Morgan fingerprint density at radius 3 is 2.77 bits per heavy atom. The molecular formula is C16H16BrN5. The van der Waals surface area contributed by atoms with Gasteiger partial charge in [0, 0.05) is 17.6 Å². The molecule has 1 aliphatic heterocycles. The van der Waals surface area contributed by atoms with Crippen LogP contribution in [0.1, 0.15) is 19.3 Å². The molecule has 22 heavy (non-hydrogen) atoms. The lowest BCUT2D eigenvalue weighted by molar-refractivity contribution is 0.573. The Balaban J connectivity index is 1.71. The van der Waals surface area contributed by atoms with Crippen LogP contribution in [0.3, 0.4) is 0 Å². The van der Waals surface area contributed by atoms with Crippen LogP contribution in [0.15, 0.2) is 35.1 Å². The van der Waals surface area contributed by atoms with Crippen molar-refractivity contribution in [3.05, 3.63) is 35.1 Å². The highest BCUT2D eigenvalue weighted by Crippen LogP contribution is 2.24. The zero-order valence-corrected chi connectivity index (χ0v) is 13.7. The van der Waals surface area contributed by atoms with Gasteiger partial charge in [0.2, 0.25) is 0 Å². The van der Waals surface area contributed by atoms with E-state index in [9.17, 15) is 0 Å². The summed E-state index contributed by atoms with van der Waals surface area (Å²) in [6.07, 6.45) is 7.37. The van der Waals surface area contributed by atoms with Gasteiger partial charge in [-0.25, -0.2) is 9.97 Å². The molecule has 6 heteroatoms. The van der Waals surface area contributed by atoms with Crippen molar-refractivity contribution < 1.29 is 0 Å². The minimum Gasteiger partial charge on any atom is -0.355 e. The van der Waals surface area contributed by atoms with E-state index in [0.29, 0.717) is 0 Å². The summed E-state index contributed by atoms with van der Waals surface area (Å²) in [5, 5.41) is 0. The number of anilines is 1. The van der Waals surface area contributed by atoms with E-state index in [-0.39, 0.29) is 0 Å². The van der Waals surface area contributed by atoms with Crippen molar-refractivity contribution in [2.75, 3.05) is 18.0 Å². The van der Waals surface area contributed by atoms with Gasteiger partial charge in [-0.2, -0.15) is 0 Å². The van der Waals surface area contributed by atoms with Crippen LogP contribution in [0.25, 0.3) is 22.6 Å². The molecule has 0 spiro atoms. The lowest BCUT2D eigenvalue weighted by atomic mass is 10.1. The molecule has 1 aliphatic rings. The number of aromatic amines is 1. The number of aromatic nitrogens is 4. The van der Waals surface area contributed by atoms with Crippen molar-refractivity contribution >= 4 is 32.8 Å². The van der Waals surface area contributed by atoms with E-state index in [1.807, 2.05) is 24.4 Å². The lowest BCUT2D eigenvalue weighted by Crippen LogP contribution is -2.30. The number of fused-ring (bicyclic) bond motifs is 1. The van der Waals surface area contributed by atoms with Crippen molar-refractivity contribution in [3.8, 4) is 11.5 Å². The van der Waals surface area contributed by atoms with Crippen molar-refractivity contribution in [2.24, 2.45) is 0 Å². The Morgan fingerprint density at radius 2 is 1.91 bits per heavy atom. The number of H-pyrrole nitrogens is 1. The number of hydrogen-bond acceptors (Lipinski definition) is 4. The van der Waals surface area contributed by atoms with Gasteiger partial charge in [0.05, 0.1) is 23.4 Å². The third-order valence-electron chi connectivity index (χ3n) is 3.99. The van der Waals surface area contributed by atoms with E-state index in [4.69, 9.17) is 4.98 Å². The van der Waals surface area contributed by atoms with E-state index < -0.39 is 0 Å². The number of piperidine rings is 1. The summed E-state index contributed by atoms with van der Waals surface area (Å²) in [5.74, 6) is 1.71. The Hall–Kier alpha value is -1.95. The summed E-state index contributed by atoms with van der Waals surface area (Å²) < 4.78 is 1.03. The molecule has 5 nitrogen and oxygen atoms in total. The Labute approximate surface area is 136 Å². The van der Waals surface area contributed by atoms with Crippen LogP contribution < -0.4 is 4.90 Å². The van der Waals surface area contributed by atoms with Crippen LogP contribution in [0, 0.1) is 0 Å². The second-order valence-corrected chi connectivity index (χ2v) is 6.47. The molecule has 3 aromatic rings. The zero-order valence-electron chi connectivity index (χ0n) is 12.1. The van der Waals surface area contributed by atoms with Gasteiger partial charge in [0.25, 0.3) is 0 Å². The van der Waals surface area contributed by atoms with Gasteiger partial charge in [-0.15, -0.1) is 0 Å². The van der Waals surface area contributed by atoms with Crippen LogP contribution in [-0.4, -0.2) is 33.0 Å². The quantitative estimate of drug-likeness (QED) is 0.758. The summed E-state index contributed by atoms with van der Waals surface area (Å²) in [6, 6.07) is 6.00. The van der Waals surface area contributed by atoms with Crippen LogP contribution in [0.4, 0.5) is 5.82 Å². The van der Waals surface area contributed by atoms with Crippen LogP contribution in [-0.2, 0) is 0 Å². The highest BCUT2D eigenvalue weighted by atomic mass is 79.9. The topological polar surface area (TPSA) is 57.7 Å². The number of rotatable bonds is 2. The molecule has 3 heterocycles. The molecule has 0 saturated carbocycles. The molecule has 1 fully saturated rings. The number of imidazole rings is 1. The van der Waals surface area contributed by atoms with Gasteiger partial charge in [-0.1, -0.05) is 15.9 Å². The number of benzene rings is 1. The third kappa shape index (κ3) is 2.59. The predicted octanol–water partition coefficient (Wildman–Crippen LogP) is 3.77. The molecule has 0 amide bonds. The summed E-state index contributed by atoms with van der Waals surface area (Å²) >= 11 is 3.48. The van der Waals surface area contributed by atoms with Gasteiger partial charge in [0.1, 0.15) is 11.5 Å². The standard InChI is InChI=1S/C16H16BrN5/c17-11-4-5-12-13(8-11)21-16(20-12)14-9-18-10-15(19-14)22-6-2-1-3-7-22/h4-5,8-10H,1-3,6-7H2,(H,20,21). The Morgan fingerprint density at radius 1 is 1.05 bits per heavy atom. The molecule has 0 radical (unpaired) electrons. The summed E-state index contributed by atoms with van der Waals surface area (Å²) in [4.78, 5) is 19.3. The molecule has 1 N–H and O–H groups in total. The van der Waals surface area contributed by atoms with Crippen molar-refractivity contribution in [1.29, 1.82) is 0 Å². The van der Waals surface area contributed by atoms with Gasteiger partial charge >= 0.3 is 0 Å². The molecule has 2 aromatic heterocycles. The maximum absolute atomic E-state index is 4.74. The molecule has 1 aromatic carbocycles. The van der Waals surface area contributed by atoms with E-state index in [0.717, 1.165) is 45.9 Å². The van der Waals surface area contributed by atoms with E-state index in [1.165, 1.54) is 19.3 Å². The number of hydrogen-bond donors (Lipinski definition) is 1. The van der Waals surface area contributed by atoms with Gasteiger partial charge < -0.3 is 9.88 Å². The second kappa shape index (κ2) is 5.68. The normalized spacial score (nSPS) is 15.4. The highest BCUT2D eigenvalue weighted by Gasteiger charge is 2.14. The first-order valence-electron chi connectivity index (χ1n) is 7.52. The fraction of sp³-hybridized carbons (Fsp3) is 0.312. The van der Waals surface area contributed by atoms with E-state index >= 15 is 0 Å². The maximum Gasteiger partial charge on any atom is 0.158 e. The fourth-order valence-electron chi connectivity index (χ4n) is 2.85. The van der Waals surface area contributed by atoms with Crippen LogP contribution in [0.5, 0.6) is 0 Å². The minimum absolute atomic E-state index is 0.763. The second-order valence-electron chi connectivity index (χ2n) is 5.56. The highest BCUT2D eigenvalue weighted by molar-refractivity contribution is 9.10. The molecule has 112 valence electrons. The average molecular weight is 358 g/mol. The molecule has 0 atom stereocenters. The molecular weight excluding hydrogens is 342 g/mol. The number of nitrogens with zero attached hydrogens (tertiary/aromatic N) is 4. The molecule has 1 saturated heterocycles. The van der Waals surface area contributed by atoms with Crippen LogP contribution >= 0.6 is 15.9 Å². The lowest BCUT2D eigenvalue weighted by Gasteiger charge is -2.27. The Kier molecular flexibility index (Phi) is 3.54. The largest absolute Gasteiger partial charge is 0.355 e. The molecule has 0 aliphatic carbocycles. The third-order valence-corrected chi connectivity index (χ3v) is 4.48. The summed E-state index contributed by atoms with van der Waals surface area (Å²) in [5.41, 5.74) is 2.72. The molecule has 4 rings (SSSR count). The van der Waals surface area contributed by atoms with Gasteiger partial charge in [-0.05, 0) is 37.5 Å². The summed E-state index contributed by atoms with van der Waals surface area (Å²) in [6.45, 7) is 2.12. The smallest absolute Gasteiger partial charge is 0.158 e. The first-order chi connectivity index (χ1) is 10.8. The summed E-state index contributed by atoms with van der Waals surface area (Å²) in [7, 11) is 0. The SMILES string of the molecule is Brc1ccc2nc(-c3cncc(N4CCCCC4)n3)[nH]c2c1. The minimum atomic E-state index is 0.763. The first-order valence-corrected chi connectivity index (χ1v) is 8.31. The first kappa shape index (κ1) is 13.7. The van der Waals surface area contributed by atoms with Gasteiger partial charge in [0.15, 0.2) is 5.82 Å². The zero-order chi connectivity index (χ0) is 14.9. The van der Waals surface area contributed by atoms with Gasteiger partial charge in [-0.3, -0.25) is 4.98 Å². The number of nitrogens with one attached hydrogen (secondary N) is 1. The maximum atomic E-state index is 4.74. The molecule has 0 unspecified atom stereocenters. The number of halogens is 1. The van der Waals surface area contributed by atoms with E-state index in [1.54, 1.807) is 6.20 Å². The van der Waals surface area contributed by atoms with Crippen LogP contribution in [0.2, 0.25) is 0 Å². The Bertz CT molecular complexity index is 807. The average Bonchev–Trinajstić information content (AvgIpc) is 2.99. The van der Waals surface area contributed by atoms with E-state index in [2.05, 4.69) is 35.8 Å².